The number of nitrogens with zero attached hydrogens (tertiary/aromatic N) is 1. The maximum absolute atomic E-state index is 12.7. The second-order valence-corrected chi connectivity index (χ2v) is 8.84. The molecule has 2 N–H and O–H groups in total. The van der Waals surface area contributed by atoms with Crippen molar-refractivity contribution in [3.05, 3.63) is 39.4 Å². The molecule has 0 spiro atoms. The number of rotatable bonds is 5. The lowest BCUT2D eigenvalue weighted by Crippen LogP contribution is -2.46. The second-order valence-electron chi connectivity index (χ2n) is 6.98. The summed E-state index contributed by atoms with van der Waals surface area (Å²) >= 11 is 2.83. The Morgan fingerprint density at radius 1 is 1.04 bits per heavy atom. The lowest BCUT2D eigenvalue weighted by Gasteiger charge is -2.32. The van der Waals surface area contributed by atoms with Crippen molar-refractivity contribution in [1.29, 1.82) is 0 Å². The van der Waals surface area contributed by atoms with E-state index in [1.165, 1.54) is 22.7 Å². The van der Waals surface area contributed by atoms with Crippen molar-refractivity contribution in [1.82, 2.24) is 10.2 Å². The van der Waals surface area contributed by atoms with Gasteiger partial charge in [-0.25, -0.2) is 0 Å². The van der Waals surface area contributed by atoms with Crippen LogP contribution in [-0.2, 0) is 4.79 Å². The van der Waals surface area contributed by atoms with Crippen LogP contribution in [-0.4, -0.2) is 41.8 Å². The Hall–Kier alpha value is -2.19. The van der Waals surface area contributed by atoms with Crippen molar-refractivity contribution in [3.63, 3.8) is 0 Å². The average Bonchev–Trinajstić information content (AvgIpc) is 3.18. The first-order valence-electron chi connectivity index (χ1n) is 9.13. The van der Waals surface area contributed by atoms with Gasteiger partial charge in [0.15, 0.2) is 0 Å². The van der Waals surface area contributed by atoms with E-state index < -0.39 is 0 Å². The van der Waals surface area contributed by atoms with Crippen LogP contribution in [0.15, 0.2) is 29.0 Å². The Kier molecular flexibility index (Phi) is 5.27. The summed E-state index contributed by atoms with van der Waals surface area (Å²) in [6.45, 7) is 1.24. The van der Waals surface area contributed by atoms with Gasteiger partial charge in [-0.2, -0.15) is 11.3 Å². The van der Waals surface area contributed by atoms with Gasteiger partial charge >= 0.3 is 0 Å². The minimum Gasteiger partial charge on any atom is -0.349 e. The van der Waals surface area contributed by atoms with E-state index in [-0.39, 0.29) is 29.7 Å². The number of carbonyl (C=O) groups excluding carboxylic acids is 3. The maximum Gasteiger partial charge on any atom is 0.263 e. The fraction of sp³-hybridized carbons (Fsp3) is 0.421. The van der Waals surface area contributed by atoms with Crippen LogP contribution in [0.25, 0.3) is 0 Å². The molecule has 4 rings (SSSR count). The largest absolute Gasteiger partial charge is 0.349 e. The van der Waals surface area contributed by atoms with E-state index >= 15 is 0 Å². The molecule has 2 aromatic rings. The van der Waals surface area contributed by atoms with Crippen molar-refractivity contribution >= 4 is 45.4 Å². The number of nitrogens with one attached hydrogen (secondary N) is 2. The molecule has 2 fully saturated rings. The first kappa shape index (κ1) is 18.2. The van der Waals surface area contributed by atoms with Crippen LogP contribution in [0.3, 0.4) is 0 Å². The maximum atomic E-state index is 12.7. The van der Waals surface area contributed by atoms with Gasteiger partial charge in [-0.3, -0.25) is 14.4 Å². The second kappa shape index (κ2) is 7.82. The van der Waals surface area contributed by atoms with Crippen molar-refractivity contribution in [2.45, 2.75) is 31.7 Å². The molecule has 1 saturated carbocycles. The summed E-state index contributed by atoms with van der Waals surface area (Å²) in [7, 11) is 0. The predicted octanol–water partition coefficient (Wildman–Crippen LogP) is 3.19. The summed E-state index contributed by atoms with van der Waals surface area (Å²) in [5, 5.41) is 10.4. The molecule has 142 valence electrons. The third kappa shape index (κ3) is 4.39. The molecule has 2 aromatic heterocycles. The summed E-state index contributed by atoms with van der Waals surface area (Å²) in [6.07, 6.45) is 3.41. The fourth-order valence-corrected chi connectivity index (χ4v) is 4.65. The third-order valence-corrected chi connectivity index (χ3v) is 6.58. The van der Waals surface area contributed by atoms with Gasteiger partial charge in [-0.15, -0.1) is 11.3 Å². The zero-order valence-electron chi connectivity index (χ0n) is 14.8. The van der Waals surface area contributed by atoms with Gasteiger partial charge in [0.2, 0.25) is 5.91 Å². The summed E-state index contributed by atoms with van der Waals surface area (Å²) in [5.41, 5.74) is 0.692. The van der Waals surface area contributed by atoms with Crippen LogP contribution < -0.4 is 10.6 Å². The summed E-state index contributed by atoms with van der Waals surface area (Å²) in [4.78, 5) is 39.1. The minimum absolute atomic E-state index is 0.00506. The summed E-state index contributed by atoms with van der Waals surface area (Å²) in [6, 6.07) is 5.49. The van der Waals surface area contributed by atoms with Gasteiger partial charge in [0, 0.05) is 36.0 Å². The summed E-state index contributed by atoms with van der Waals surface area (Å²) in [5.74, 6) is 0.150. The Morgan fingerprint density at radius 3 is 2.48 bits per heavy atom. The molecule has 2 aliphatic rings. The topological polar surface area (TPSA) is 78.5 Å². The van der Waals surface area contributed by atoms with E-state index in [4.69, 9.17) is 0 Å². The predicted molar refractivity (Wildman–Crippen MR) is 106 cm³/mol. The zero-order chi connectivity index (χ0) is 18.8. The van der Waals surface area contributed by atoms with E-state index in [9.17, 15) is 14.4 Å². The number of anilines is 1. The molecule has 0 aromatic carbocycles. The van der Waals surface area contributed by atoms with Gasteiger partial charge in [0.05, 0.1) is 9.88 Å². The van der Waals surface area contributed by atoms with Gasteiger partial charge in [-0.05, 0) is 49.3 Å². The minimum atomic E-state index is -0.0460. The number of hydrogen-bond donors (Lipinski definition) is 2. The number of carbonyl (C=O) groups is 3. The molecule has 8 heteroatoms. The number of thiophene rings is 2. The number of likely N-dealkylation sites (tertiary alicyclic amines) is 1. The molecule has 6 nitrogen and oxygen atoms in total. The molecule has 0 unspecified atom stereocenters. The lowest BCUT2D eigenvalue weighted by molar-refractivity contribution is -0.117. The smallest absolute Gasteiger partial charge is 0.263 e. The van der Waals surface area contributed by atoms with Gasteiger partial charge < -0.3 is 15.5 Å². The molecule has 3 amide bonds. The van der Waals surface area contributed by atoms with Gasteiger partial charge in [0.1, 0.15) is 0 Å². The summed E-state index contributed by atoms with van der Waals surface area (Å²) < 4.78 is 0. The number of hydrogen-bond acceptors (Lipinski definition) is 5. The highest BCUT2D eigenvalue weighted by molar-refractivity contribution is 7.18. The highest BCUT2D eigenvalue weighted by atomic mass is 32.1. The normalized spacial score (nSPS) is 17.6. The third-order valence-electron chi connectivity index (χ3n) is 4.91. The molecule has 1 saturated heterocycles. The van der Waals surface area contributed by atoms with Crippen LogP contribution in [0.1, 0.15) is 45.7 Å². The SMILES string of the molecule is O=C(NC1CCN(C(=O)c2ccc(NC(=O)C3CC3)s2)CC1)c1ccsc1. The molecule has 0 atom stereocenters. The quantitative estimate of drug-likeness (QED) is 0.805. The van der Waals surface area contributed by atoms with Gasteiger partial charge in [-0.1, -0.05) is 0 Å². The Labute approximate surface area is 165 Å². The van der Waals surface area contributed by atoms with E-state index in [2.05, 4.69) is 10.6 Å². The van der Waals surface area contributed by atoms with Crippen molar-refractivity contribution in [2.75, 3.05) is 18.4 Å². The van der Waals surface area contributed by atoms with E-state index in [0.717, 1.165) is 30.7 Å². The van der Waals surface area contributed by atoms with Crippen LogP contribution in [0.4, 0.5) is 5.00 Å². The molecule has 0 bridgehead atoms. The number of piperidine rings is 1. The lowest BCUT2D eigenvalue weighted by atomic mass is 10.0. The Bertz CT molecular complexity index is 834. The van der Waals surface area contributed by atoms with E-state index in [0.29, 0.717) is 23.5 Å². The van der Waals surface area contributed by atoms with Crippen LogP contribution >= 0.6 is 22.7 Å². The van der Waals surface area contributed by atoms with Crippen molar-refractivity contribution in [2.24, 2.45) is 5.92 Å². The molecule has 1 aliphatic carbocycles. The van der Waals surface area contributed by atoms with Crippen LogP contribution in [0.2, 0.25) is 0 Å². The van der Waals surface area contributed by atoms with Crippen LogP contribution in [0, 0.1) is 5.92 Å². The Balaban J connectivity index is 1.27. The highest BCUT2D eigenvalue weighted by Crippen LogP contribution is 2.32. The Morgan fingerprint density at radius 2 is 1.81 bits per heavy atom. The molecule has 27 heavy (non-hydrogen) atoms. The monoisotopic (exact) mass is 403 g/mol. The fourth-order valence-electron chi connectivity index (χ4n) is 3.13. The average molecular weight is 404 g/mol. The first-order chi connectivity index (χ1) is 13.1. The zero-order valence-corrected chi connectivity index (χ0v) is 16.4. The van der Waals surface area contributed by atoms with Crippen LogP contribution in [0.5, 0.6) is 0 Å². The molecule has 3 heterocycles. The highest BCUT2D eigenvalue weighted by Gasteiger charge is 2.30. The van der Waals surface area contributed by atoms with Crippen molar-refractivity contribution < 1.29 is 14.4 Å². The number of amides is 3. The standard InChI is InChI=1S/C19H21N3O3S2/c23-17(12-1-2-12)21-16-4-3-15(27-16)19(25)22-8-5-14(6-9-22)20-18(24)13-7-10-26-11-13/h3-4,7,10-12,14H,1-2,5-6,8-9H2,(H,20,24)(H,21,23). The molecule has 0 radical (unpaired) electrons. The molecular weight excluding hydrogens is 382 g/mol. The van der Waals surface area contributed by atoms with Gasteiger partial charge in [0.25, 0.3) is 11.8 Å². The van der Waals surface area contributed by atoms with E-state index in [1.54, 1.807) is 12.1 Å². The van der Waals surface area contributed by atoms with E-state index in [1.807, 2.05) is 21.7 Å². The molecular formula is C19H21N3O3S2. The first-order valence-corrected chi connectivity index (χ1v) is 10.9. The van der Waals surface area contributed by atoms with Crippen molar-refractivity contribution in [3.8, 4) is 0 Å². The molecule has 1 aliphatic heterocycles.